The highest BCUT2D eigenvalue weighted by atomic mass is 127. The Morgan fingerprint density at radius 3 is 2.56 bits per heavy atom. The largest absolute Gasteiger partial charge is 0.251 e. The van der Waals surface area contributed by atoms with Gasteiger partial charge in [-0.1, -0.05) is 6.08 Å². The molecule has 0 heterocycles. The zero-order valence-corrected chi connectivity index (χ0v) is 6.99. The molecule has 0 nitrogen and oxygen atoms in total. The molecule has 1 rings (SSSR count). The molecule has 0 saturated heterocycles. The third-order valence-corrected chi connectivity index (χ3v) is 2.33. The topological polar surface area (TPSA) is 0 Å². The molecule has 0 amide bonds. The maximum Gasteiger partial charge on any atom is 0.251 e. The van der Waals surface area contributed by atoms with Gasteiger partial charge in [-0.3, -0.25) is 0 Å². The van der Waals surface area contributed by atoms with Gasteiger partial charge in [0.15, 0.2) is 0 Å². The van der Waals surface area contributed by atoms with E-state index in [4.69, 9.17) is 0 Å². The normalized spacial score (nSPS) is 25.4. The molecule has 1 aliphatic carbocycles. The maximum atomic E-state index is 12.3. The highest BCUT2D eigenvalue weighted by molar-refractivity contribution is 14.1. The summed E-state index contributed by atoms with van der Waals surface area (Å²) in [7, 11) is 0. The van der Waals surface area contributed by atoms with Crippen LogP contribution in [-0.4, -0.2) is 5.92 Å². The van der Waals surface area contributed by atoms with E-state index in [1.54, 1.807) is 6.08 Å². The number of rotatable bonds is 0. The van der Waals surface area contributed by atoms with Crippen molar-refractivity contribution in [2.24, 2.45) is 0 Å². The molecule has 0 N–H and O–H groups in total. The summed E-state index contributed by atoms with van der Waals surface area (Å²) < 4.78 is 25.7. The summed E-state index contributed by atoms with van der Waals surface area (Å²) in [6.07, 6.45) is 2.13. The van der Waals surface area contributed by atoms with Crippen molar-refractivity contribution >= 4 is 22.6 Å². The average molecular weight is 244 g/mol. The Bertz CT molecular complexity index is 140. The van der Waals surface area contributed by atoms with Crippen molar-refractivity contribution in [3.05, 3.63) is 9.66 Å². The smallest absolute Gasteiger partial charge is 0.207 e. The molecule has 0 unspecified atom stereocenters. The second-order valence-corrected chi connectivity index (χ2v) is 3.60. The van der Waals surface area contributed by atoms with E-state index >= 15 is 0 Å². The van der Waals surface area contributed by atoms with E-state index in [1.165, 1.54) is 0 Å². The number of halogens is 3. The minimum Gasteiger partial charge on any atom is -0.207 e. The molecule has 0 atom stereocenters. The fourth-order valence-corrected chi connectivity index (χ4v) is 1.26. The van der Waals surface area contributed by atoms with Crippen LogP contribution in [-0.2, 0) is 0 Å². The lowest BCUT2D eigenvalue weighted by Crippen LogP contribution is -2.17. The van der Waals surface area contributed by atoms with Crippen molar-refractivity contribution in [3.8, 4) is 0 Å². The summed E-state index contributed by atoms with van der Waals surface area (Å²) in [6, 6.07) is 0. The molecule has 0 bridgehead atoms. The van der Waals surface area contributed by atoms with E-state index in [9.17, 15) is 8.78 Å². The molecule has 52 valence electrons. The van der Waals surface area contributed by atoms with Crippen LogP contribution in [0.2, 0.25) is 0 Å². The Morgan fingerprint density at radius 1 is 1.56 bits per heavy atom. The van der Waals surface area contributed by atoms with Crippen LogP contribution < -0.4 is 0 Å². The fraction of sp³-hybridized carbons (Fsp3) is 0.667. The Hall–Kier alpha value is 0.330. The second kappa shape index (κ2) is 2.52. The van der Waals surface area contributed by atoms with Crippen molar-refractivity contribution in [2.45, 2.75) is 25.2 Å². The number of alkyl halides is 2. The lowest BCUT2D eigenvalue weighted by Gasteiger charge is -2.18. The first-order chi connectivity index (χ1) is 4.10. The van der Waals surface area contributed by atoms with Gasteiger partial charge < -0.3 is 0 Å². The summed E-state index contributed by atoms with van der Waals surface area (Å²) in [5.74, 6) is -2.42. The molecule has 0 aliphatic heterocycles. The average Bonchev–Trinajstić information content (AvgIpc) is 1.78. The Balaban J connectivity index is 2.56. The lowest BCUT2D eigenvalue weighted by molar-refractivity contribution is -0.00742. The molecule has 0 saturated carbocycles. The fourth-order valence-electron chi connectivity index (χ4n) is 0.766. The number of allylic oxidation sites excluding steroid dienone is 2. The van der Waals surface area contributed by atoms with Crippen LogP contribution in [0.25, 0.3) is 0 Å². The van der Waals surface area contributed by atoms with Crippen LogP contribution in [0.4, 0.5) is 8.78 Å². The third-order valence-electron chi connectivity index (χ3n) is 1.35. The Labute approximate surface area is 66.5 Å². The molecule has 3 heteroatoms. The third kappa shape index (κ3) is 2.20. The van der Waals surface area contributed by atoms with Gasteiger partial charge in [0.1, 0.15) is 0 Å². The van der Waals surface area contributed by atoms with Gasteiger partial charge in [0.25, 0.3) is 5.92 Å². The zero-order valence-electron chi connectivity index (χ0n) is 4.83. The highest BCUT2D eigenvalue weighted by Crippen LogP contribution is 2.34. The van der Waals surface area contributed by atoms with Crippen LogP contribution in [0.15, 0.2) is 9.66 Å². The van der Waals surface area contributed by atoms with Gasteiger partial charge >= 0.3 is 0 Å². The van der Waals surface area contributed by atoms with E-state index < -0.39 is 5.92 Å². The highest BCUT2D eigenvalue weighted by Gasteiger charge is 2.29. The summed E-state index contributed by atoms with van der Waals surface area (Å²) >= 11 is 2.10. The summed E-state index contributed by atoms with van der Waals surface area (Å²) in [5, 5.41) is 0. The van der Waals surface area contributed by atoms with Crippen LogP contribution in [0.3, 0.4) is 0 Å². The number of hydrogen-bond acceptors (Lipinski definition) is 0. The predicted octanol–water partition coefficient (Wildman–Crippen LogP) is 3.12. The van der Waals surface area contributed by atoms with E-state index in [0.29, 0.717) is 6.42 Å². The molecule has 1 aliphatic rings. The van der Waals surface area contributed by atoms with Gasteiger partial charge in [0.05, 0.1) is 0 Å². The summed E-state index contributed by atoms with van der Waals surface area (Å²) in [4.78, 5) is 0. The van der Waals surface area contributed by atoms with Gasteiger partial charge in [-0.25, -0.2) is 8.78 Å². The van der Waals surface area contributed by atoms with E-state index in [2.05, 4.69) is 22.6 Å². The van der Waals surface area contributed by atoms with Gasteiger partial charge in [-0.15, -0.1) is 0 Å². The molecular weight excluding hydrogens is 237 g/mol. The molecular formula is C6H7F2I. The van der Waals surface area contributed by atoms with Crippen molar-refractivity contribution in [1.29, 1.82) is 0 Å². The van der Waals surface area contributed by atoms with E-state index in [1.807, 2.05) is 0 Å². The minimum atomic E-state index is -2.42. The molecule has 0 aromatic carbocycles. The molecule has 0 spiro atoms. The monoisotopic (exact) mass is 244 g/mol. The first kappa shape index (κ1) is 7.44. The second-order valence-electron chi connectivity index (χ2n) is 2.21. The van der Waals surface area contributed by atoms with Crippen LogP contribution in [0, 0.1) is 0 Å². The van der Waals surface area contributed by atoms with Gasteiger partial charge in [0, 0.05) is 12.8 Å². The predicted molar refractivity (Wildman–Crippen MR) is 40.9 cm³/mol. The van der Waals surface area contributed by atoms with Crippen LogP contribution in [0.1, 0.15) is 19.3 Å². The van der Waals surface area contributed by atoms with Crippen molar-refractivity contribution < 1.29 is 8.78 Å². The molecule has 0 aromatic rings. The van der Waals surface area contributed by atoms with Crippen LogP contribution in [0.5, 0.6) is 0 Å². The molecule has 0 radical (unpaired) electrons. The molecule has 9 heavy (non-hydrogen) atoms. The SMILES string of the molecule is FC1(F)CC=C(I)CC1. The zero-order chi connectivity index (χ0) is 6.91. The van der Waals surface area contributed by atoms with E-state index in [0.717, 1.165) is 3.58 Å². The standard InChI is InChI=1S/C6H7F2I/c7-6(8)3-1-5(9)2-4-6/h1H,2-4H2. The molecule has 0 fully saturated rings. The van der Waals surface area contributed by atoms with Crippen molar-refractivity contribution in [1.82, 2.24) is 0 Å². The maximum absolute atomic E-state index is 12.3. The minimum absolute atomic E-state index is 0.0295. The van der Waals surface area contributed by atoms with Crippen LogP contribution >= 0.6 is 22.6 Å². The number of hydrogen-bond donors (Lipinski definition) is 0. The van der Waals surface area contributed by atoms with Gasteiger partial charge in [-0.2, -0.15) is 0 Å². The first-order valence-corrected chi connectivity index (χ1v) is 3.90. The van der Waals surface area contributed by atoms with Crippen molar-refractivity contribution in [3.63, 3.8) is 0 Å². The van der Waals surface area contributed by atoms with E-state index in [-0.39, 0.29) is 12.8 Å². The van der Waals surface area contributed by atoms with Gasteiger partial charge in [0.2, 0.25) is 0 Å². The van der Waals surface area contributed by atoms with Gasteiger partial charge in [-0.05, 0) is 32.6 Å². The Morgan fingerprint density at radius 2 is 2.22 bits per heavy atom. The Kier molecular flexibility index (Phi) is 2.08. The lowest BCUT2D eigenvalue weighted by atomic mass is 10.0. The van der Waals surface area contributed by atoms with Crippen molar-refractivity contribution in [2.75, 3.05) is 0 Å². The quantitative estimate of drug-likeness (QED) is 0.574. The first-order valence-electron chi connectivity index (χ1n) is 2.82. The summed E-state index contributed by atoms with van der Waals surface area (Å²) in [5.41, 5.74) is 0. The molecule has 0 aromatic heterocycles. The summed E-state index contributed by atoms with van der Waals surface area (Å²) in [6.45, 7) is 0.